The first kappa shape index (κ1) is 11.1. The second-order valence-electron chi connectivity index (χ2n) is 3.30. The molecule has 0 radical (unpaired) electrons. The molecule has 0 spiro atoms. The lowest BCUT2D eigenvalue weighted by atomic mass is 9.93. The maximum atomic E-state index is 10.9. The molecule has 0 fully saturated rings. The molecule has 1 rings (SSSR count). The van der Waals surface area contributed by atoms with E-state index in [0.29, 0.717) is 11.4 Å². The third-order valence-electron chi connectivity index (χ3n) is 2.31. The quantitative estimate of drug-likeness (QED) is 0.835. The van der Waals surface area contributed by atoms with Gasteiger partial charge in [-0.15, -0.1) is 0 Å². The molecule has 0 saturated heterocycles. The van der Waals surface area contributed by atoms with Gasteiger partial charge in [-0.1, -0.05) is 24.6 Å². The summed E-state index contributed by atoms with van der Waals surface area (Å²) in [4.78, 5) is 10.9. The molecule has 3 heteroatoms. The molecule has 0 aliphatic carbocycles. The molecule has 0 amide bonds. The van der Waals surface area contributed by atoms with E-state index in [1.54, 1.807) is 18.2 Å². The smallest absolute Gasteiger partial charge is 0.310 e. The zero-order chi connectivity index (χ0) is 10.7. The van der Waals surface area contributed by atoms with Crippen LogP contribution in [0.3, 0.4) is 0 Å². The molecule has 1 aromatic rings. The van der Waals surface area contributed by atoms with E-state index in [0.717, 1.165) is 11.1 Å². The molecule has 14 heavy (non-hydrogen) atoms. The van der Waals surface area contributed by atoms with Crippen LogP contribution < -0.4 is 0 Å². The monoisotopic (exact) mass is 212 g/mol. The fourth-order valence-electron chi connectivity index (χ4n) is 1.56. The van der Waals surface area contributed by atoms with Gasteiger partial charge in [0.1, 0.15) is 0 Å². The SMILES string of the molecule is CCC(C(=O)O)c1ccc(Cl)cc1C. The molecule has 1 unspecified atom stereocenters. The van der Waals surface area contributed by atoms with E-state index >= 15 is 0 Å². The summed E-state index contributed by atoms with van der Waals surface area (Å²) < 4.78 is 0. The fraction of sp³-hybridized carbons (Fsp3) is 0.364. The van der Waals surface area contributed by atoms with Crippen LogP contribution in [0.15, 0.2) is 18.2 Å². The zero-order valence-electron chi connectivity index (χ0n) is 8.25. The summed E-state index contributed by atoms with van der Waals surface area (Å²) in [6.45, 7) is 3.75. The van der Waals surface area contributed by atoms with E-state index in [1.807, 2.05) is 13.8 Å². The van der Waals surface area contributed by atoms with Crippen molar-refractivity contribution in [3.8, 4) is 0 Å². The molecule has 0 aromatic heterocycles. The van der Waals surface area contributed by atoms with Crippen molar-refractivity contribution >= 4 is 17.6 Å². The highest BCUT2D eigenvalue weighted by Crippen LogP contribution is 2.25. The van der Waals surface area contributed by atoms with Crippen LogP contribution >= 0.6 is 11.6 Å². The number of benzene rings is 1. The average molecular weight is 213 g/mol. The highest BCUT2D eigenvalue weighted by Gasteiger charge is 2.19. The minimum absolute atomic E-state index is 0.424. The fourth-order valence-corrected chi connectivity index (χ4v) is 1.78. The summed E-state index contributed by atoms with van der Waals surface area (Å²) in [6.07, 6.45) is 0.595. The molecule has 0 aliphatic rings. The van der Waals surface area contributed by atoms with E-state index in [-0.39, 0.29) is 0 Å². The standard InChI is InChI=1S/C11H13ClO2/c1-3-9(11(13)14)10-5-4-8(12)6-7(10)2/h4-6,9H,3H2,1-2H3,(H,13,14). The maximum absolute atomic E-state index is 10.9. The molecular weight excluding hydrogens is 200 g/mol. The lowest BCUT2D eigenvalue weighted by Crippen LogP contribution is -2.11. The zero-order valence-corrected chi connectivity index (χ0v) is 9.01. The van der Waals surface area contributed by atoms with Gasteiger partial charge in [-0.3, -0.25) is 4.79 Å². The second kappa shape index (κ2) is 4.47. The molecule has 0 heterocycles. The number of halogens is 1. The summed E-state index contributed by atoms with van der Waals surface area (Å²) in [7, 11) is 0. The lowest BCUT2D eigenvalue weighted by Gasteiger charge is -2.13. The van der Waals surface area contributed by atoms with Gasteiger partial charge in [0.2, 0.25) is 0 Å². The van der Waals surface area contributed by atoms with Gasteiger partial charge < -0.3 is 5.11 Å². The van der Waals surface area contributed by atoms with Gasteiger partial charge in [0.15, 0.2) is 0 Å². The van der Waals surface area contributed by atoms with Gasteiger partial charge >= 0.3 is 5.97 Å². The Bertz CT molecular complexity index is 347. The first-order chi connectivity index (χ1) is 6.56. The topological polar surface area (TPSA) is 37.3 Å². The van der Waals surface area contributed by atoms with E-state index in [4.69, 9.17) is 16.7 Å². The number of hydrogen-bond donors (Lipinski definition) is 1. The lowest BCUT2D eigenvalue weighted by molar-refractivity contribution is -0.138. The van der Waals surface area contributed by atoms with Gasteiger partial charge in [-0.25, -0.2) is 0 Å². The summed E-state index contributed by atoms with van der Waals surface area (Å²) in [5.74, 6) is -1.20. The number of carboxylic acids is 1. The molecule has 76 valence electrons. The summed E-state index contributed by atoms with van der Waals surface area (Å²) >= 11 is 5.80. The molecule has 0 aliphatic heterocycles. The van der Waals surface area contributed by atoms with Gasteiger partial charge in [0.25, 0.3) is 0 Å². The highest BCUT2D eigenvalue weighted by molar-refractivity contribution is 6.30. The predicted molar refractivity (Wildman–Crippen MR) is 56.9 cm³/mol. The maximum Gasteiger partial charge on any atom is 0.310 e. The molecule has 0 saturated carbocycles. The van der Waals surface area contributed by atoms with Crippen molar-refractivity contribution in [3.63, 3.8) is 0 Å². The highest BCUT2D eigenvalue weighted by atomic mass is 35.5. The van der Waals surface area contributed by atoms with Gasteiger partial charge in [0.05, 0.1) is 5.92 Å². The van der Waals surface area contributed by atoms with Crippen LogP contribution in [0.2, 0.25) is 5.02 Å². The number of carbonyl (C=O) groups is 1. The number of aliphatic carboxylic acids is 1. The number of carboxylic acid groups (broad SMARTS) is 1. The number of rotatable bonds is 3. The Hall–Kier alpha value is -1.02. The summed E-state index contributed by atoms with van der Waals surface area (Å²) in [5.41, 5.74) is 1.79. The number of hydrogen-bond acceptors (Lipinski definition) is 1. The van der Waals surface area contributed by atoms with E-state index in [9.17, 15) is 4.79 Å². The van der Waals surface area contributed by atoms with Crippen LogP contribution in [-0.2, 0) is 4.79 Å². The van der Waals surface area contributed by atoms with Crippen molar-refractivity contribution < 1.29 is 9.90 Å². The minimum Gasteiger partial charge on any atom is -0.481 e. The van der Waals surface area contributed by atoms with Crippen LogP contribution in [0.4, 0.5) is 0 Å². The largest absolute Gasteiger partial charge is 0.481 e. The minimum atomic E-state index is -0.780. The van der Waals surface area contributed by atoms with Crippen molar-refractivity contribution in [2.45, 2.75) is 26.2 Å². The molecule has 1 aromatic carbocycles. The number of aryl methyl sites for hydroxylation is 1. The van der Waals surface area contributed by atoms with Crippen LogP contribution in [0.5, 0.6) is 0 Å². The molecule has 0 bridgehead atoms. The Morgan fingerprint density at radius 1 is 1.57 bits per heavy atom. The molecular formula is C11H13ClO2. The Morgan fingerprint density at radius 2 is 2.21 bits per heavy atom. The average Bonchev–Trinajstić information content (AvgIpc) is 2.09. The first-order valence-corrected chi connectivity index (χ1v) is 4.93. The van der Waals surface area contributed by atoms with Crippen LogP contribution in [-0.4, -0.2) is 11.1 Å². The Labute approximate surface area is 88.5 Å². The molecule has 1 atom stereocenters. The second-order valence-corrected chi connectivity index (χ2v) is 3.74. The summed E-state index contributed by atoms with van der Waals surface area (Å²) in [5, 5.41) is 9.63. The Kier molecular flexibility index (Phi) is 3.53. The van der Waals surface area contributed by atoms with Gasteiger partial charge in [0, 0.05) is 5.02 Å². The normalized spacial score (nSPS) is 12.5. The predicted octanol–water partition coefficient (Wildman–Crippen LogP) is 3.23. The van der Waals surface area contributed by atoms with Crippen molar-refractivity contribution in [2.75, 3.05) is 0 Å². The Morgan fingerprint density at radius 3 is 2.64 bits per heavy atom. The van der Waals surface area contributed by atoms with E-state index in [2.05, 4.69) is 0 Å². The van der Waals surface area contributed by atoms with Crippen molar-refractivity contribution in [1.29, 1.82) is 0 Å². The van der Waals surface area contributed by atoms with Gasteiger partial charge in [-0.2, -0.15) is 0 Å². The van der Waals surface area contributed by atoms with Gasteiger partial charge in [-0.05, 0) is 36.6 Å². The van der Waals surface area contributed by atoms with E-state index in [1.165, 1.54) is 0 Å². The summed E-state index contributed by atoms with van der Waals surface area (Å²) in [6, 6.07) is 5.32. The molecule has 2 nitrogen and oxygen atoms in total. The third kappa shape index (κ3) is 2.26. The van der Waals surface area contributed by atoms with Crippen LogP contribution in [0.25, 0.3) is 0 Å². The van der Waals surface area contributed by atoms with Crippen molar-refractivity contribution in [2.24, 2.45) is 0 Å². The third-order valence-corrected chi connectivity index (χ3v) is 2.55. The van der Waals surface area contributed by atoms with Crippen molar-refractivity contribution in [1.82, 2.24) is 0 Å². The van der Waals surface area contributed by atoms with Crippen LogP contribution in [0.1, 0.15) is 30.4 Å². The molecule has 1 N–H and O–H groups in total. The van der Waals surface area contributed by atoms with E-state index < -0.39 is 11.9 Å². The van der Waals surface area contributed by atoms with Crippen molar-refractivity contribution in [3.05, 3.63) is 34.3 Å². The van der Waals surface area contributed by atoms with Crippen LogP contribution in [0, 0.1) is 6.92 Å². The Balaban J connectivity index is 3.10. The first-order valence-electron chi connectivity index (χ1n) is 4.55.